The van der Waals surface area contributed by atoms with Crippen LogP contribution in [0.1, 0.15) is 12.8 Å². The Labute approximate surface area is 82.1 Å². The lowest BCUT2D eigenvalue weighted by Crippen LogP contribution is -2.36. The van der Waals surface area contributed by atoms with E-state index in [-0.39, 0.29) is 0 Å². The lowest BCUT2D eigenvalue weighted by molar-refractivity contribution is 0.246. The number of nitrogens with one attached hydrogen (secondary N) is 1. The van der Waals surface area contributed by atoms with Crippen LogP contribution in [0, 0.1) is 5.92 Å². The third-order valence-electron chi connectivity index (χ3n) is 3.03. The summed E-state index contributed by atoms with van der Waals surface area (Å²) in [5.41, 5.74) is 0. The monoisotopic (exact) mass is 203 g/mol. The van der Waals surface area contributed by atoms with Gasteiger partial charge >= 0.3 is 8.56 Å². The molecule has 0 aromatic carbocycles. The van der Waals surface area contributed by atoms with Gasteiger partial charge in [0, 0.05) is 14.2 Å². The highest BCUT2D eigenvalue weighted by Gasteiger charge is 2.30. The first-order chi connectivity index (χ1) is 6.20. The molecule has 78 valence electrons. The molecule has 0 saturated carbocycles. The summed E-state index contributed by atoms with van der Waals surface area (Å²) in [5.74, 6) is 0.845. The summed E-state index contributed by atoms with van der Waals surface area (Å²) in [4.78, 5) is 0. The molecule has 1 unspecified atom stereocenters. The predicted molar refractivity (Wildman–Crippen MR) is 56.0 cm³/mol. The van der Waals surface area contributed by atoms with Crippen molar-refractivity contribution >= 4 is 8.56 Å². The lowest BCUT2D eigenvalue weighted by atomic mass is 10.1. The van der Waals surface area contributed by atoms with E-state index in [4.69, 9.17) is 8.85 Å². The van der Waals surface area contributed by atoms with Crippen LogP contribution in [-0.4, -0.2) is 35.9 Å². The normalized spacial score (nSPS) is 23.8. The maximum Gasteiger partial charge on any atom is 0.334 e. The van der Waals surface area contributed by atoms with E-state index in [2.05, 4.69) is 11.9 Å². The van der Waals surface area contributed by atoms with E-state index in [9.17, 15) is 0 Å². The summed E-state index contributed by atoms with van der Waals surface area (Å²) in [6, 6.07) is 1.12. The molecule has 1 rings (SSSR count). The second-order valence-corrected chi connectivity index (χ2v) is 7.52. The zero-order valence-corrected chi connectivity index (χ0v) is 9.93. The molecule has 0 aromatic heterocycles. The molecule has 1 atom stereocenters. The fourth-order valence-electron chi connectivity index (χ4n) is 1.71. The van der Waals surface area contributed by atoms with Gasteiger partial charge in [0.2, 0.25) is 0 Å². The zero-order valence-electron chi connectivity index (χ0n) is 8.93. The highest BCUT2D eigenvalue weighted by Crippen LogP contribution is 2.21. The molecule has 4 heteroatoms. The summed E-state index contributed by atoms with van der Waals surface area (Å²) in [7, 11) is 1.74. The summed E-state index contributed by atoms with van der Waals surface area (Å²) < 4.78 is 10.9. The van der Waals surface area contributed by atoms with Gasteiger partial charge in [-0.2, -0.15) is 0 Å². The average molecular weight is 203 g/mol. The minimum absolute atomic E-state index is 0.845. The quantitative estimate of drug-likeness (QED) is 0.684. The van der Waals surface area contributed by atoms with Crippen molar-refractivity contribution in [1.29, 1.82) is 0 Å². The van der Waals surface area contributed by atoms with Crippen molar-refractivity contribution < 1.29 is 8.85 Å². The van der Waals surface area contributed by atoms with E-state index in [1.807, 2.05) is 0 Å². The van der Waals surface area contributed by atoms with Crippen LogP contribution < -0.4 is 5.32 Å². The molecule has 0 bridgehead atoms. The molecule has 0 aliphatic carbocycles. The number of rotatable bonds is 5. The fourth-order valence-corrected chi connectivity index (χ4v) is 3.22. The van der Waals surface area contributed by atoms with Gasteiger partial charge in [-0.1, -0.05) is 0 Å². The Morgan fingerprint density at radius 3 is 2.54 bits per heavy atom. The maximum atomic E-state index is 5.44. The van der Waals surface area contributed by atoms with Crippen LogP contribution in [0.3, 0.4) is 0 Å². The molecule has 0 spiro atoms. The SMILES string of the molecule is CO[Si](C)(CCC1CCNC1)OC. The smallest absolute Gasteiger partial charge is 0.334 e. The van der Waals surface area contributed by atoms with Gasteiger partial charge < -0.3 is 14.2 Å². The van der Waals surface area contributed by atoms with E-state index in [1.165, 1.54) is 25.9 Å². The Hall–Kier alpha value is 0.0969. The third kappa shape index (κ3) is 3.38. The van der Waals surface area contributed by atoms with Crippen molar-refractivity contribution in [1.82, 2.24) is 5.32 Å². The van der Waals surface area contributed by atoms with Gasteiger partial charge in [0.1, 0.15) is 0 Å². The van der Waals surface area contributed by atoms with Gasteiger partial charge in [0.15, 0.2) is 0 Å². The van der Waals surface area contributed by atoms with Crippen molar-refractivity contribution in [2.24, 2.45) is 5.92 Å². The van der Waals surface area contributed by atoms with Crippen molar-refractivity contribution in [3.8, 4) is 0 Å². The van der Waals surface area contributed by atoms with Crippen molar-refractivity contribution in [3.63, 3.8) is 0 Å². The molecular formula is C9H21NO2Si. The van der Waals surface area contributed by atoms with Crippen molar-refractivity contribution in [2.75, 3.05) is 27.3 Å². The van der Waals surface area contributed by atoms with Crippen LogP contribution in [-0.2, 0) is 8.85 Å². The third-order valence-corrected chi connectivity index (χ3v) is 5.96. The Bertz CT molecular complexity index is 145. The van der Waals surface area contributed by atoms with Gasteiger partial charge in [-0.15, -0.1) is 0 Å². The first kappa shape index (κ1) is 11.2. The van der Waals surface area contributed by atoms with Crippen LogP contribution >= 0.6 is 0 Å². The molecule has 1 fully saturated rings. The van der Waals surface area contributed by atoms with Crippen LogP contribution in [0.5, 0.6) is 0 Å². The van der Waals surface area contributed by atoms with E-state index < -0.39 is 8.56 Å². The van der Waals surface area contributed by atoms with Gasteiger partial charge in [-0.3, -0.25) is 0 Å². The first-order valence-electron chi connectivity index (χ1n) is 5.01. The summed E-state index contributed by atoms with van der Waals surface area (Å²) in [5, 5.41) is 3.38. The lowest BCUT2D eigenvalue weighted by Gasteiger charge is -2.23. The largest absolute Gasteiger partial charge is 0.398 e. The standard InChI is InChI=1S/C9H21NO2Si/c1-11-13(3,12-2)7-5-9-4-6-10-8-9/h9-10H,4-8H2,1-3H3. The van der Waals surface area contributed by atoms with E-state index in [1.54, 1.807) is 14.2 Å². The Balaban J connectivity index is 2.22. The average Bonchev–Trinajstić information content (AvgIpc) is 2.67. The maximum absolute atomic E-state index is 5.44. The second-order valence-electron chi connectivity index (χ2n) is 3.94. The molecule has 1 saturated heterocycles. The van der Waals surface area contributed by atoms with Crippen LogP contribution in [0.4, 0.5) is 0 Å². The summed E-state index contributed by atoms with van der Waals surface area (Å²) >= 11 is 0. The fraction of sp³-hybridized carbons (Fsp3) is 1.00. The van der Waals surface area contributed by atoms with Crippen LogP contribution in [0.15, 0.2) is 0 Å². The summed E-state index contributed by atoms with van der Waals surface area (Å²) in [6.45, 7) is 4.50. The molecular weight excluding hydrogens is 182 g/mol. The molecule has 3 nitrogen and oxygen atoms in total. The highest BCUT2D eigenvalue weighted by molar-refractivity contribution is 6.65. The Morgan fingerprint density at radius 1 is 1.38 bits per heavy atom. The van der Waals surface area contributed by atoms with Gasteiger partial charge in [-0.25, -0.2) is 0 Å². The minimum Gasteiger partial charge on any atom is -0.398 e. The molecule has 1 heterocycles. The van der Waals surface area contributed by atoms with E-state index in [0.29, 0.717) is 0 Å². The van der Waals surface area contributed by atoms with E-state index >= 15 is 0 Å². The summed E-state index contributed by atoms with van der Waals surface area (Å²) in [6.07, 6.45) is 2.56. The molecule has 1 aliphatic heterocycles. The Kier molecular flexibility index (Phi) is 4.38. The molecule has 1 aliphatic rings. The molecule has 0 amide bonds. The molecule has 1 N–H and O–H groups in total. The number of hydrogen-bond acceptors (Lipinski definition) is 3. The van der Waals surface area contributed by atoms with Gasteiger partial charge in [-0.05, 0) is 44.4 Å². The topological polar surface area (TPSA) is 30.5 Å². The first-order valence-corrected chi connectivity index (χ1v) is 7.53. The highest BCUT2D eigenvalue weighted by atomic mass is 28.4. The Morgan fingerprint density at radius 2 is 2.08 bits per heavy atom. The number of hydrogen-bond donors (Lipinski definition) is 1. The molecule has 0 aromatic rings. The zero-order chi connectivity index (χ0) is 9.73. The van der Waals surface area contributed by atoms with E-state index in [0.717, 1.165) is 12.0 Å². The van der Waals surface area contributed by atoms with Gasteiger partial charge in [0.05, 0.1) is 0 Å². The van der Waals surface area contributed by atoms with Crippen LogP contribution in [0.25, 0.3) is 0 Å². The van der Waals surface area contributed by atoms with Crippen molar-refractivity contribution in [3.05, 3.63) is 0 Å². The molecule has 13 heavy (non-hydrogen) atoms. The molecule has 0 radical (unpaired) electrons. The second kappa shape index (κ2) is 5.10. The predicted octanol–water partition coefficient (Wildman–Crippen LogP) is 1.35. The van der Waals surface area contributed by atoms with Gasteiger partial charge in [0.25, 0.3) is 0 Å². The van der Waals surface area contributed by atoms with Crippen molar-refractivity contribution in [2.45, 2.75) is 25.4 Å². The van der Waals surface area contributed by atoms with Crippen LogP contribution in [0.2, 0.25) is 12.6 Å². The minimum atomic E-state index is -1.79.